The number of nitrogen functional groups attached to an aromatic ring is 1. The largest absolute Gasteiger partial charge is 0.382 e. The van der Waals surface area contributed by atoms with Crippen molar-refractivity contribution in [2.75, 3.05) is 5.73 Å². The third-order valence-corrected chi connectivity index (χ3v) is 3.62. The molecule has 0 bridgehead atoms. The first kappa shape index (κ1) is 13.8. The molecule has 0 aliphatic rings. The first-order valence-corrected chi connectivity index (χ1v) is 6.91. The fourth-order valence-electron chi connectivity index (χ4n) is 2.18. The van der Waals surface area contributed by atoms with Gasteiger partial charge in [-0.05, 0) is 29.8 Å². The second kappa shape index (κ2) is 5.29. The lowest BCUT2D eigenvalue weighted by atomic mass is 10.0. The summed E-state index contributed by atoms with van der Waals surface area (Å²) in [6.07, 6.45) is 0. The van der Waals surface area contributed by atoms with Gasteiger partial charge in [-0.1, -0.05) is 34.1 Å². The molecular weight excluding hydrogens is 340 g/mol. The Morgan fingerprint density at radius 2 is 1.86 bits per heavy atom. The zero-order valence-corrected chi connectivity index (χ0v) is 12.3. The van der Waals surface area contributed by atoms with Crippen molar-refractivity contribution >= 4 is 21.7 Å². The average molecular weight is 350 g/mol. The van der Waals surface area contributed by atoms with E-state index in [2.05, 4.69) is 26.1 Å². The summed E-state index contributed by atoms with van der Waals surface area (Å²) in [5.41, 5.74) is 7.62. The molecular formula is C15H10BrF2N3. The number of halogens is 3. The van der Waals surface area contributed by atoms with Crippen molar-refractivity contribution in [3.05, 3.63) is 58.6 Å². The van der Waals surface area contributed by atoms with Crippen molar-refractivity contribution in [2.45, 2.75) is 0 Å². The van der Waals surface area contributed by atoms with Crippen LogP contribution in [0, 0.1) is 11.6 Å². The Morgan fingerprint density at radius 3 is 2.62 bits per heavy atom. The molecule has 1 aromatic heterocycles. The van der Waals surface area contributed by atoms with Crippen LogP contribution in [0.3, 0.4) is 0 Å². The fraction of sp³-hybridized carbons (Fsp3) is 0. The highest BCUT2D eigenvalue weighted by Crippen LogP contribution is 2.36. The van der Waals surface area contributed by atoms with Gasteiger partial charge in [0.1, 0.15) is 0 Å². The van der Waals surface area contributed by atoms with Crippen LogP contribution < -0.4 is 5.73 Å². The van der Waals surface area contributed by atoms with Crippen LogP contribution in [-0.4, -0.2) is 10.2 Å². The highest BCUT2D eigenvalue weighted by atomic mass is 79.9. The average Bonchev–Trinajstić information content (AvgIpc) is 2.83. The first-order chi connectivity index (χ1) is 10.1. The molecule has 2 aromatic carbocycles. The van der Waals surface area contributed by atoms with E-state index in [0.717, 1.165) is 16.1 Å². The minimum Gasteiger partial charge on any atom is -0.382 e. The van der Waals surface area contributed by atoms with E-state index in [1.165, 1.54) is 12.1 Å². The van der Waals surface area contributed by atoms with Gasteiger partial charge in [0.05, 0.1) is 11.3 Å². The number of nitrogens with two attached hydrogens (primary N) is 1. The van der Waals surface area contributed by atoms with Gasteiger partial charge >= 0.3 is 0 Å². The maximum atomic E-state index is 14.0. The van der Waals surface area contributed by atoms with E-state index in [-0.39, 0.29) is 11.4 Å². The van der Waals surface area contributed by atoms with E-state index in [0.29, 0.717) is 11.3 Å². The lowest BCUT2D eigenvalue weighted by Crippen LogP contribution is -1.92. The minimum absolute atomic E-state index is 0.0918. The van der Waals surface area contributed by atoms with Crippen molar-refractivity contribution in [1.29, 1.82) is 0 Å². The molecule has 3 aromatic rings. The van der Waals surface area contributed by atoms with Gasteiger partial charge in [0.2, 0.25) is 0 Å². The van der Waals surface area contributed by atoms with Gasteiger partial charge in [0.25, 0.3) is 0 Å². The van der Waals surface area contributed by atoms with Crippen LogP contribution in [-0.2, 0) is 0 Å². The number of nitrogens with zero attached hydrogens (tertiary/aromatic N) is 1. The standard InChI is InChI=1S/C15H10BrF2N3/c16-9-4-1-3-8(7-9)12-14(20-21-15(12)19)10-5-2-6-11(17)13(10)18/h1-7H,(H3,19,20,21). The Labute approximate surface area is 127 Å². The highest BCUT2D eigenvalue weighted by molar-refractivity contribution is 9.10. The van der Waals surface area contributed by atoms with Gasteiger partial charge in [-0.3, -0.25) is 5.10 Å². The van der Waals surface area contributed by atoms with Crippen LogP contribution in [0.2, 0.25) is 0 Å². The first-order valence-electron chi connectivity index (χ1n) is 6.12. The monoisotopic (exact) mass is 349 g/mol. The number of aromatic amines is 1. The summed E-state index contributed by atoms with van der Waals surface area (Å²) >= 11 is 3.37. The molecule has 0 atom stereocenters. The minimum atomic E-state index is -0.933. The summed E-state index contributed by atoms with van der Waals surface area (Å²) in [6, 6.07) is 11.3. The van der Waals surface area contributed by atoms with Gasteiger partial charge in [-0.2, -0.15) is 5.10 Å². The van der Waals surface area contributed by atoms with E-state index >= 15 is 0 Å². The molecule has 0 aliphatic carbocycles. The van der Waals surface area contributed by atoms with Gasteiger partial charge < -0.3 is 5.73 Å². The van der Waals surface area contributed by atoms with Crippen molar-refractivity contribution in [1.82, 2.24) is 10.2 Å². The van der Waals surface area contributed by atoms with Gasteiger partial charge in [-0.25, -0.2) is 8.78 Å². The number of rotatable bonds is 2. The molecule has 3 nitrogen and oxygen atoms in total. The van der Waals surface area contributed by atoms with E-state index in [9.17, 15) is 8.78 Å². The smallest absolute Gasteiger partial charge is 0.168 e. The number of anilines is 1. The third-order valence-electron chi connectivity index (χ3n) is 3.13. The van der Waals surface area contributed by atoms with Crippen LogP contribution in [0.4, 0.5) is 14.6 Å². The third kappa shape index (κ3) is 2.42. The number of benzene rings is 2. The molecule has 0 unspecified atom stereocenters. The molecule has 106 valence electrons. The van der Waals surface area contributed by atoms with E-state index in [1.54, 1.807) is 0 Å². The molecule has 0 radical (unpaired) electrons. The number of aromatic nitrogens is 2. The molecule has 0 aliphatic heterocycles. The maximum absolute atomic E-state index is 14.0. The Balaban J connectivity index is 2.24. The molecule has 0 spiro atoms. The highest BCUT2D eigenvalue weighted by Gasteiger charge is 2.19. The molecule has 0 saturated carbocycles. The zero-order chi connectivity index (χ0) is 15.0. The van der Waals surface area contributed by atoms with E-state index < -0.39 is 11.6 Å². The number of hydrogen-bond acceptors (Lipinski definition) is 2. The van der Waals surface area contributed by atoms with Crippen molar-refractivity contribution in [2.24, 2.45) is 0 Å². The van der Waals surface area contributed by atoms with E-state index in [1.807, 2.05) is 24.3 Å². The maximum Gasteiger partial charge on any atom is 0.168 e. The lowest BCUT2D eigenvalue weighted by Gasteiger charge is -2.07. The summed E-state index contributed by atoms with van der Waals surface area (Å²) in [5, 5.41) is 6.60. The summed E-state index contributed by atoms with van der Waals surface area (Å²) in [6.45, 7) is 0. The topological polar surface area (TPSA) is 54.7 Å². The Morgan fingerprint density at radius 1 is 1.10 bits per heavy atom. The molecule has 0 fully saturated rings. The molecule has 1 heterocycles. The van der Waals surface area contributed by atoms with Crippen LogP contribution in [0.5, 0.6) is 0 Å². The summed E-state index contributed by atoms with van der Waals surface area (Å²) < 4.78 is 28.3. The molecule has 0 amide bonds. The molecule has 3 rings (SSSR count). The molecule has 0 saturated heterocycles. The molecule has 21 heavy (non-hydrogen) atoms. The van der Waals surface area contributed by atoms with Crippen molar-refractivity contribution in [3.8, 4) is 22.4 Å². The predicted octanol–water partition coefficient (Wildman–Crippen LogP) is 4.37. The summed E-state index contributed by atoms with van der Waals surface area (Å²) in [5.74, 6) is -1.62. The van der Waals surface area contributed by atoms with Crippen molar-refractivity contribution < 1.29 is 8.78 Å². The van der Waals surface area contributed by atoms with Gasteiger partial charge in [0.15, 0.2) is 17.5 Å². The normalized spacial score (nSPS) is 10.8. The number of hydrogen-bond donors (Lipinski definition) is 2. The van der Waals surface area contributed by atoms with Crippen LogP contribution in [0.25, 0.3) is 22.4 Å². The van der Waals surface area contributed by atoms with Gasteiger partial charge in [-0.15, -0.1) is 0 Å². The van der Waals surface area contributed by atoms with Gasteiger partial charge in [0, 0.05) is 10.0 Å². The Kier molecular flexibility index (Phi) is 3.47. The second-order valence-corrected chi connectivity index (χ2v) is 5.39. The Bertz CT molecular complexity index is 814. The second-order valence-electron chi connectivity index (χ2n) is 4.47. The summed E-state index contributed by atoms with van der Waals surface area (Å²) in [7, 11) is 0. The van der Waals surface area contributed by atoms with Crippen LogP contribution in [0.15, 0.2) is 46.9 Å². The van der Waals surface area contributed by atoms with E-state index in [4.69, 9.17) is 5.73 Å². The fourth-order valence-corrected chi connectivity index (χ4v) is 2.58. The number of nitrogens with one attached hydrogen (secondary N) is 1. The van der Waals surface area contributed by atoms with Crippen LogP contribution in [0.1, 0.15) is 0 Å². The SMILES string of the molecule is Nc1n[nH]c(-c2cccc(F)c2F)c1-c1cccc(Br)c1. The van der Waals surface area contributed by atoms with Crippen molar-refractivity contribution in [3.63, 3.8) is 0 Å². The lowest BCUT2D eigenvalue weighted by molar-refractivity contribution is 0.511. The quantitative estimate of drug-likeness (QED) is 0.721. The van der Waals surface area contributed by atoms with Crippen LogP contribution >= 0.6 is 15.9 Å². The molecule has 3 N–H and O–H groups in total. The molecule has 6 heteroatoms. The number of H-pyrrole nitrogens is 1. The predicted molar refractivity (Wildman–Crippen MR) is 81.5 cm³/mol. The zero-order valence-electron chi connectivity index (χ0n) is 10.7. The summed E-state index contributed by atoms with van der Waals surface area (Å²) in [4.78, 5) is 0. The Hall–Kier alpha value is -2.21.